The molecule has 25 heavy (non-hydrogen) atoms. The van der Waals surface area contributed by atoms with E-state index in [1.807, 2.05) is 79.7 Å². The molecule has 1 heterocycles. The fraction of sp³-hybridized carbons (Fsp3) is 0.0476. The molecule has 0 aliphatic carbocycles. The number of aliphatic imine (C=N–C) groups is 2. The number of ether oxygens (including phenoxy) is 1. The predicted octanol–water partition coefficient (Wildman–Crippen LogP) is 5.89. The average Bonchev–Trinajstić information content (AvgIpc) is 2.96. The largest absolute Gasteiger partial charge is 0.436 e. The minimum atomic E-state index is 0.496. The van der Waals surface area contributed by atoms with Crippen molar-refractivity contribution in [1.29, 1.82) is 0 Å². The summed E-state index contributed by atoms with van der Waals surface area (Å²) < 4.78 is 5.97. The molecule has 0 aromatic heterocycles. The van der Waals surface area contributed by atoms with Crippen LogP contribution in [0, 0.1) is 6.92 Å². The quantitative estimate of drug-likeness (QED) is 0.569. The molecule has 122 valence electrons. The Morgan fingerprint density at radius 3 is 2.40 bits per heavy atom. The standard InChI is InChI=1S/C21H15ClN2O/c1-14-13-15(22)11-12-18(14)24-21-20(23-16-7-3-2-4-8-16)17-9-5-6-10-19(17)25-21/h2-13H,1H3. The molecule has 0 fully saturated rings. The van der Waals surface area contributed by atoms with Crippen LogP contribution in [-0.2, 0) is 0 Å². The average molecular weight is 347 g/mol. The number of aryl methyl sites for hydroxylation is 1. The topological polar surface area (TPSA) is 34.0 Å². The molecule has 3 aromatic carbocycles. The lowest BCUT2D eigenvalue weighted by Gasteiger charge is -2.04. The Morgan fingerprint density at radius 2 is 1.60 bits per heavy atom. The number of rotatable bonds is 2. The van der Waals surface area contributed by atoms with Crippen LogP contribution in [0.5, 0.6) is 5.75 Å². The van der Waals surface area contributed by atoms with Crippen LogP contribution >= 0.6 is 11.6 Å². The summed E-state index contributed by atoms with van der Waals surface area (Å²) >= 11 is 6.04. The first-order valence-corrected chi connectivity index (χ1v) is 8.35. The molecule has 0 atom stereocenters. The van der Waals surface area contributed by atoms with Gasteiger partial charge in [-0.15, -0.1) is 0 Å². The molecule has 0 unspecified atom stereocenters. The molecule has 4 rings (SSSR count). The molecule has 3 nitrogen and oxygen atoms in total. The van der Waals surface area contributed by atoms with Gasteiger partial charge in [0.05, 0.1) is 11.4 Å². The molecule has 0 bridgehead atoms. The van der Waals surface area contributed by atoms with E-state index in [1.54, 1.807) is 0 Å². The Hall–Kier alpha value is -2.91. The van der Waals surface area contributed by atoms with Crippen molar-refractivity contribution >= 4 is 34.6 Å². The highest BCUT2D eigenvalue weighted by Gasteiger charge is 2.26. The highest BCUT2D eigenvalue weighted by Crippen LogP contribution is 2.31. The zero-order valence-corrected chi connectivity index (χ0v) is 14.4. The third kappa shape index (κ3) is 3.19. The predicted molar refractivity (Wildman–Crippen MR) is 103 cm³/mol. The molecule has 3 aromatic rings. The molecule has 0 saturated heterocycles. The van der Waals surface area contributed by atoms with E-state index in [4.69, 9.17) is 26.3 Å². The van der Waals surface area contributed by atoms with E-state index in [0.29, 0.717) is 10.9 Å². The number of hydrogen-bond acceptors (Lipinski definition) is 3. The summed E-state index contributed by atoms with van der Waals surface area (Å²) in [5.74, 6) is 1.26. The van der Waals surface area contributed by atoms with Gasteiger partial charge in [0.2, 0.25) is 5.90 Å². The summed E-state index contributed by atoms with van der Waals surface area (Å²) in [6, 6.07) is 23.2. The molecule has 4 heteroatoms. The second kappa shape index (κ2) is 6.54. The summed E-state index contributed by atoms with van der Waals surface area (Å²) in [4.78, 5) is 9.46. The van der Waals surface area contributed by atoms with Crippen molar-refractivity contribution in [3.05, 3.63) is 88.9 Å². The number of hydrogen-bond donors (Lipinski definition) is 0. The van der Waals surface area contributed by atoms with Crippen molar-refractivity contribution in [3.63, 3.8) is 0 Å². The molecule has 0 N–H and O–H groups in total. The van der Waals surface area contributed by atoms with Crippen LogP contribution in [0.1, 0.15) is 11.1 Å². The third-order valence-corrected chi connectivity index (χ3v) is 4.16. The van der Waals surface area contributed by atoms with E-state index in [1.165, 1.54) is 0 Å². The van der Waals surface area contributed by atoms with Gasteiger partial charge in [0.15, 0.2) is 0 Å². The van der Waals surface area contributed by atoms with E-state index in [2.05, 4.69) is 0 Å². The molecular formula is C21H15ClN2O. The van der Waals surface area contributed by atoms with Crippen LogP contribution in [-0.4, -0.2) is 11.6 Å². The SMILES string of the molecule is Cc1cc(Cl)ccc1N=C1Oc2ccccc2C1=Nc1ccccc1. The molecular weight excluding hydrogens is 332 g/mol. The minimum absolute atomic E-state index is 0.496. The fourth-order valence-electron chi connectivity index (χ4n) is 2.69. The normalized spacial score (nSPS) is 16.1. The van der Waals surface area contributed by atoms with Gasteiger partial charge in [0, 0.05) is 10.6 Å². The maximum Gasteiger partial charge on any atom is 0.246 e. The van der Waals surface area contributed by atoms with Crippen LogP contribution in [0.15, 0.2) is 82.8 Å². The first-order chi connectivity index (χ1) is 12.2. The highest BCUT2D eigenvalue weighted by atomic mass is 35.5. The Morgan fingerprint density at radius 1 is 0.840 bits per heavy atom. The number of nitrogens with zero attached hydrogens (tertiary/aromatic N) is 2. The van der Waals surface area contributed by atoms with Gasteiger partial charge in [-0.05, 0) is 55.0 Å². The van der Waals surface area contributed by atoms with Crippen molar-refractivity contribution in [3.8, 4) is 5.75 Å². The second-order valence-corrected chi connectivity index (χ2v) is 6.18. The summed E-state index contributed by atoms with van der Waals surface area (Å²) in [5, 5.41) is 0.690. The van der Waals surface area contributed by atoms with Gasteiger partial charge >= 0.3 is 0 Å². The molecule has 0 amide bonds. The van der Waals surface area contributed by atoms with Gasteiger partial charge in [0.25, 0.3) is 0 Å². The van der Waals surface area contributed by atoms with Gasteiger partial charge in [-0.2, -0.15) is 0 Å². The van der Waals surface area contributed by atoms with E-state index in [0.717, 1.165) is 34.0 Å². The van der Waals surface area contributed by atoms with Gasteiger partial charge in [0.1, 0.15) is 11.5 Å². The van der Waals surface area contributed by atoms with Crippen molar-refractivity contribution in [1.82, 2.24) is 0 Å². The lowest BCUT2D eigenvalue weighted by atomic mass is 10.1. The molecule has 1 aliphatic heterocycles. The molecule has 1 aliphatic rings. The van der Waals surface area contributed by atoms with E-state index >= 15 is 0 Å². The van der Waals surface area contributed by atoms with Gasteiger partial charge in [-0.1, -0.05) is 41.9 Å². The van der Waals surface area contributed by atoms with Crippen LogP contribution in [0.3, 0.4) is 0 Å². The van der Waals surface area contributed by atoms with E-state index < -0.39 is 0 Å². The number of benzene rings is 3. The van der Waals surface area contributed by atoms with Crippen molar-refractivity contribution in [2.24, 2.45) is 9.98 Å². The van der Waals surface area contributed by atoms with Crippen molar-refractivity contribution < 1.29 is 4.74 Å². The van der Waals surface area contributed by atoms with Gasteiger partial charge < -0.3 is 4.74 Å². The summed E-state index contributed by atoms with van der Waals surface area (Å²) in [5.41, 5.74) is 4.33. The maximum absolute atomic E-state index is 6.04. The van der Waals surface area contributed by atoms with Crippen LogP contribution in [0.2, 0.25) is 5.02 Å². The zero-order chi connectivity index (χ0) is 17.2. The lowest BCUT2D eigenvalue weighted by molar-refractivity contribution is 0.572. The van der Waals surface area contributed by atoms with Crippen molar-refractivity contribution in [2.75, 3.05) is 0 Å². The van der Waals surface area contributed by atoms with Crippen LogP contribution in [0.4, 0.5) is 11.4 Å². The number of fused-ring (bicyclic) bond motifs is 1. The van der Waals surface area contributed by atoms with Crippen molar-refractivity contribution in [2.45, 2.75) is 6.92 Å². The molecule has 0 radical (unpaired) electrons. The first kappa shape index (κ1) is 15.6. The molecule has 0 saturated carbocycles. The second-order valence-electron chi connectivity index (χ2n) is 5.74. The first-order valence-electron chi connectivity index (χ1n) is 7.97. The fourth-order valence-corrected chi connectivity index (χ4v) is 2.91. The summed E-state index contributed by atoms with van der Waals surface area (Å²) in [6.07, 6.45) is 0. The van der Waals surface area contributed by atoms with Crippen LogP contribution < -0.4 is 4.74 Å². The lowest BCUT2D eigenvalue weighted by Crippen LogP contribution is -2.13. The smallest absolute Gasteiger partial charge is 0.246 e. The number of para-hydroxylation sites is 2. The zero-order valence-electron chi connectivity index (χ0n) is 13.6. The number of halogens is 1. The highest BCUT2D eigenvalue weighted by molar-refractivity contribution is 6.49. The minimum Gasteiger partial charge on any atom is -0.436 e. The Kier molecular flexibility index (Phi) is 4.08. The maximum atomic E-state index is 6.04. The summed E-state index contributed by atoms with van der Waals surface area (Å²) in [7, 11) is 0. The molecule has 0 spiro atoms. The van der Waals surface area contributed by atoms with Gasteiger partial charge in [-0.25, -0.2) is 9.98 Å². The summed E-state index contributed by atoms with van der Waals surface area (Å²) in [6.45, 7) is 1.97. The Bertz CT molecular complexity index is 994. The van der Waals surface area contributed by atoms with E-state index in [9.17, 15) is 0 Å². The van der Waals surface area contributed by atoms with Crippen LogP contribution in [0.25, 0.3) is 0 Å². The van der Waals surface area contributed by atoms with Gasteiger partial charge in [-0.3, -0.25) is 0 Å². The third-order valence-electron chi connectivity index (χ3n) is 3.93. The monoisotopic (exact) mass is 346 g/mol. The Balaban J connectivity index is 1.84. The van der Waals surface area contributed by atoms with E-state index in [-0.39, 0.29) is 0 Å². The Labute approximate surface area is 151 Å².